The van der Waals surface area contributed by atoms with Gasteiger partial charge in [-0.1, -0.05) is 13.8 Å². The fourth-order valence-electron chi connectivity index (χ4n) is 1.48. The van der Waals surface area contributed by atoms with Gasteiger partial charge >= 0.3 is 0 Å². The highest BCUT2D eigenvalue weighted by Crippen LogP contribution is 2.38. The molecule has 1 unspecified atom stereocenters. The van der Waals surface area contributed by atoms with Crippen molar-refractivity contribution in [2.24, 2.45) is 11.8 Å². The first-order valence-corrected chi connectivity index (χ1v) is 4.92. The lowest BCUT2D eigenvalue weighted by Crippen LogP contribution is -2.20. The number of nitrogens with zero attached hydrogens (tertiary/aromatic N) is 1. The SMILES string of the molecule is CCN(C)CCC(C)C1CC1. The second-order valence-electron chi connectivity index (χ2n) is 4.00. The van der Waals surface area contributed by atoms with Crippen molar-refractivity contribution >= 4 is 0 Å². The summed E-state index contributed by atoms with van der Waals surface area (Å²) in [5, 5.41) is 0. The minimum Gasteiger partial charge on any atom is -0.307 e. The molecule has 1 fully saturated rings. The molecule has 0 bridgehead atoms. The topological polar surface area (TPSA) is 3.24 Å². The summed E-state index contributed by atoms with van der Waals surface area (Å²) in [4.78, 5) is 2.40. The number of hydrogen-bond donors (Lipinski definition) is 0. The van der Waals surface area contributed by atoms with Crippen LogP contribution >= 0.6 is 0 Å². The second-order valence-corrected chi connectivity index (χ2v) is 4.00. The molecule has 0 aromatic carbocycles. The van der Waals surface area contributed by atoms with Crippen molar-refractivity contribution in [1.29, 1.82) is 0 Å². The minimum absolute atomic E-state index is 0.976. The Morgan fingerprint density at radius 1 is 1.45 bits per heavy atom. The number of rotatable bonds is 5. The smallest absolute Gasteiger partial charge is 0.00193 e. The Bertz CT molecular complexity index is 107. The van der Waals surface area contributed by atoms with Crippen molar-refractivity contribution in [3.05, 3.63) is 0 Å². The summed E-state index contributed by atoms with van der Waals surface area (Å²) < 4.78 is 0. The molecule has 1 nitrogen and oxygen atoms in total. The Morgan fingerprint density at radius 2 is 2.09 bits per heavy atom. The van der Waals surface area contributed by atoms with Gasteiger partial charge in [-0.3, -0.25) is 0 Å². The third-order valence-electron chi connectivity index (χ3n) is 2.93. The Morgan fingerprint density at radius 3 is 2.55 bits per heavy atom. The monoisotopic (exact) mass is 155 g/mol. The largest absolute Gasteiger partial charge is 0.307 e. The van der Waals surface area contributed by atoms with E-state index >= 15 is 0 Å². The van der Waals surface area contributed by atoms with E-state index in [1.165, 1.54) is 32.4 Å². The maximum atomic E-state index is 2.40. The molecule has 1 heteroatoms. The Labute approximate surface area is 70.8 Å². The van der Waals surface area contributed by atoms with Crippen LogP contribution in [0.1, 0.15) is 33.1 Å². The van der Waals surface area contributed by atoms with Gasteiger partial charge in [0.15, 0.2) is 0 Å². The van der Waals surface area contributed by atoms with Crippen molar-refractivity contribution in [3.63, 3.8) is 0 Å². The van der Waals surface area contributed by atoms with Crippen molar-refractivity contribution in [3.8, 4) is 0 Å². The van der Waals surface area contributed by atoms with E-state index in [-0.39, 0.29) is 0 Å². The average molecular weight is 155 g/mol. The van der Waals surface area contributed by atoms with Crippen molar-refractivity contribution < 1.29 is 0 Å². The van der Waals surface area contributed by atoms with E-state index in [0.29, 0.717) is 0 Å². The summed E-state index contributed by atoms with van der Waals surface area (Å²) in [7, 11) is 2.21. The summed E-state index contributed by atoms with van der Waals surface area (Å²) in [6.07, 6.45) is 4.39. The van der Waals surface area contributed by atoms with Gasteiger partial charge in [0.05, 0.1) is 0 Å². The van der Waals surface area contributed by atoms with Crippen molar-refractivity contribution in [2.45, 2.75) is 33.1 Å². The lowest BCUT2D eigenvalue weighted by molar-refractivity contribution is 0.308. The van der Waals surface area contributed by atoms with Crippen LogP contribution in [-0.2, 0) is 0 Å². The molecule has 0 aliphatic heterocycles. The summed E-state index contributed by atoms with van der Waals surface area (Å²) >= 11 is 0. The second kappa shape index (κ2) is 4.10. The van der Waals surface area contributed by atoms with E-state index in [2.05, 4.69) is 25.8 Å². The fourth-order valence-corrected chi connectivity index (χ4v) is 1.48. The van der Waals surface area contributed by atoms with E-state index in [1.54, 1.807) is 0 Å². The zero-order chi connectivity index (χ0) is 8.27. The Kier molecular flexibility index (Phi) is 3.38. The molecule has 0 aromatic heterocycles. The van der Waals surface area contributed by atoms with Crippen LogP contribution in [0.2, 0.25) is 0 Å². The normalized spacial score (nSPS) is 20.7. The van der Waals surface area contributed by atoms with Gasteiger partial charge in [0.1, 0.15) is 0 Å². The van der Waals surface area contributed by atoms with E-state index in [0.717, 1.165) is 11.8 Å². The minimum atomic E-state index is 0.976. The highest BCUT2D eigenvalue weighted by molar-refractivity contribution is 4.78. The van der Waals surface area contributed by atoms with Gasteiger partial charge in [-0.15, -0.1) is 0 Å². The lowest BCUT2D eigenvalue weighted by atomic mass is 10.0. The van der Waals surface area contributed by atoms with Gasteiger partial charge in [-0.2, -0.15) is 0 Å². The summed E-state index contributed by atoms with van der Waals surface area (Å²) in [6, 6.07) is 0. The van der Waals surface area contributed by atoms with Crippen LogP contribution < -0.4 is 0 Å². The summed E-state index contributed by atoms with van der Waals surface area (Å²) in [5.41, 5.74) is 0. The zero-order valence-corrected chi connectivity index (χ0v) is 8.14. The number of hydrogen-bond acceptors (Lipinski definition) is 1. The molecule has 11 heavy (non-hydrogen) atoms. The molecule has 1 saturated carbocycles. The third-order valence-corrected chi connectivity index (χ3v) is 2.93. The van der Waals surface area contributed by atoms with E-state index < -0.39 is 0 Å². The molecule has 0 heterocycles. The van der Waals surface area contributed by atoms with Crippen LogP contribution in [0.15, 0.2) is 0 Å². The molecule has 66 valence electrons. The van der Waals surface area contributed by atoms with E-state index in [9.17, 15) is 0 Å². The molecule has 1 aliphatic rings. The highest BCUT2D eigenvalue weighted by atomic mass is 15.1. The van der Waals surface area contributed by atoms with Crippen LogP contribution in [0.25, 0.3) is 0 Å². The van der Waals surface area contributed by atoms with Gasteiger partial charge in [-0.25, -0.2) is 0 Å². The quantitative estimate of drug-likeness (QED) is 0.589. The maximum Gasteiger partial charge on any atom is -0.00193 e. The van der Waals surface area contributed by atoms with Gasteiger partial charge in [0.2, 0.25) is 0 Å². The molecule has 0 amide bonds. The molecule has 0 saturated heterocycles. The van der Waals surface area contributed by atoms with E-state index in [4.69, 9.17) is 0 Å². The first kappa shape index (κ1) is 9.05. The van der Waals surface area contributed by atoms with Gasteiger partial charge < -0.3 is 4.90 Å². The van der Waals surface area contributed by atoms with Gasteiger partial charge in [-0.05, 0) is 51.2 Å². The average Bonchev–Trinajstić information content (AvgIpc) is 2.81. The van der Waals surface area contributed by atoms with Gasteiger partial charge in [0, 0.05) is 0 Å². The molecule has 0 radical (unpaired) electrons. The molecule has 1 atom stereocenters. The standard InChI is InChI=1S/C10H21N/c1-4-11(3)8-7-9(2)10-5-6-10/h9-10H,4-8H2,1-3H3. The molecule has 0 N–H and O–H groups in total. The summed E-state index contributed by atoms with van der Waals surface area (Å²) in [5.74, 6) is 2.06. The first-order valence-electron chi connectivity index (χ1n) is 4.92. The van der Waals surface area contributed by atoms with Crippen LogP contribution in [0.4, 0.5) is 0 Å². The fraction of sp³-hybridized carbons (Fsp3) is 1.00. The van der Waals surface area contributed by atoms with Crippen molar-refractivity contribution in [2.75, 3.05) is 20.1 Å². The highest BCUT2D eigenvalue weighted by Gasteiger charge is 2.27. The molecule has 0 spiro atoms. The first-order chi connectivity index (χ1) is 5.24. The molecular formula is C10H21N. The van der Waals surface area contributed by atoms with Gasteiger partial charge in [0.25, 0.3) is 0 Å². The predicted octanol–water partition coefficient (Wildman–Crippen LogP) is 2.37. The van der Waals surface area contributed by atoms with Crippen LogP contribution in [0.5, 0.6) is 0 Å². The van der Waals surface area contributed by atoms with E-state index in [1.807, 2.05) is 0 Å². The Balaban J connectivity index is 2.00. The Hall–Kier alpha value is -0.0400. The van der Waals surface area contributed by atoms with Crippen LogP contribution in [0.3, 0.4) is 0 Å². The zero-order valence-electron chi connectivity index (χ0n) is 8.14. The molecular weight excluding hydrogens is 134 g/mol. The third kappa shape index (κ3) is 3.24. The molecule has 1 rings (SSSR count). The maximum absolute atomic E-state index is 2.40. The summed E-state index contributed by atoms with van der Waals surface area (Å²) in [6.45, 7) is 7.11. The molecule has 0 aromatic rings. The van der Waals surface area contributed by atoms with Crippen LogP contribution in [0, 0.1) is 11.8 Å². The van der Waals surface area contributed by atoms with Crippen molar-refractivity contribution in [1.82, 2.24) is 4.90 Å². The lowest BCUT2D eigenvalue weighted by Gasteiger charge is -2.16. The molecule has 1 aliphatic carbocycles. The predicted molar refractivity (Wildman–Crippen MR) is 49.7 cm³/mol. The van der Waals surface area contributed by atoms with Crippen LogP contribution in [-0.4, -0.2) is 25.0 Å².